The number of methoxy groups -OCH3 is 1. The Bertz CT molecular complexity index is 761. The number of hydrogen-bond donors (Lipinski definition) is 2. The van der Waals surface area contributed by atoms with Crippen molar-refractivity contribution in [2.24, 2.45) is 0 Å². The topological polar surface area (TPSA) is 70.7 Å². The van der Waals surface area contributed by atoms with Crippen LogP contribution in [0.2, 0.25) is 5.02 Å². The summed E-state index contributed by atoms with van der Waals surface area (Å²) in [6, 6.07) is 11.9. The predicted molar refractivity (Wildman–Crippen MR) is 99.6 cm³/mol. The minimum atomic E-state index is -0.231. The Morgan fingerprint density at radius 2 is 1.80 bits per heavy atom. The molecular formula is C18H20ClN3O3. The van der Waals surface area contributed by atoms with Crippen LogP contribution in [0.3, 0.4) is 0 Å². The van der Waals surface area contributed by atoms with Gasteiger partial charge in [0.05, 0.1) is 24.4 Å². The maximum atomic E-state index is 12.1. The molecule has 2 aromatic carbocycles. The van der Waals surface area contributed by atoms with Crippen LogP contribution in [0.5, 0.6) is 5.75 Å². The number of carbonyl (C=O) groups excluding carboxylic acids is 2. The van der Waals surface area contributed by atoms with Crippen LogP contribution in [0.4, 0.5) is 11.4 Å². The predicted octanol–water partition coefficient (Wildman–Crippen LogP) is 3.10. The van der Waals surface area contributed by atoms with E-state index in [4.69, 9.17) is 16.3 Å². The summed E-state index contributed by atoms with van der Waals surface area (Å²) in [5, 5.41) is 6.22. The third-order valence-corrected chi connectivity index (χ3v) is 3.76. The van der Waals surface area contributed by atoms with Crippen molar-refractivity contribution in [3.63, 3.8) is 0 Å². The van der Waals surface area contributed by atoms with Crippen LogP contribution in [0, 0.1) is 0 Å². The number of ether oxygens (including phenoxy) is 1. The van der Waals surface area contributed by atoms with Gasteiger partial charge in [0.1, 0.15) is 5.75 Å². The van der Waals surface area contributed by atoms with Gasteiger partial charge in [-0.1, -0.05) is 11.6 Å². The third-order valence-electron chi connectivity index (χ3n) is 3.43. The summed E-state index contributed by atoms with van der Waals surface area (Å²) in [6.45, 7) is 0.0469. The molecular weight excluding hydrogens is 342 g/mol. The summed E-state index contributed by atoms with van der Waals surface area (Å²) >= 11 is 6.08. The SMILES string of the molecule is COc1ccc(Cl)c(NCC(=O)Nc2ccc(C(=O)N(C)C)cc2)c1. The zero-order valence-electron chi connectivity index (χ0n) is 14.3. The van der Waals surface area contributed by atoms with Gasteiger partial charge in [0, 0.05) is 31.4 Å². The molecule has 0 aliphatic heterocycles. The highest BCUT2D eigenvalue weighted by atomic mass is 35.5. The molecule has 0 fully saturated rings. The highest BCUT2D eigenvalue weighted by molar-refractivity contribution is 6.33. The van der Waals surface area contributed by atoms with Gasteiger partial charge in [-0.2, -0.15) is 0 Å². The van der Waals surface area contributed by atoms with Gasteiger partial charge >= 0.3 is 0 Å². The molecule has 2 N–H and O–H groups in total. The second-order valence-electron chi connectivity index (χ2n) is 5.52. The fraction of sp³-hybridized carbons (Fsp3) is 0.222. The van der Waals surface area contributed by atoms with Gasteiger partial charge in [0.15, 0.2) is 0 Å². The first kappa shape index (κ1) is 18.6. The Labute approximate surface area is 151 Å². The molecule has 0 heterocycles. The zero-order valence-corrected chi connectivity index (χ0v) is 15.1. The molecule has 0 saturated carbocycles. The normalized spacial score (nSPS) is 10.1. The van der Waals surface area contributed by atoms with Gasteiger partial charge in [-0.05, 0) is 36.4 Å². The average Bonchev–Trinajstić information content (AvgIpc) is 2.61. The Morgan fingerprint density at radius 1 is 1.12 bits per heavy atom. The van der Waals surface area contributed by atoms with E-state index in [-0.39, 0.29) is 18.4 Å². The molecule has 25 heavy (non-hydrogen) atoms. The molecule has 0 unspecified atom stereocenters. The van der Waals surface area contributed by atoms with Crippen molar-refractivity contribution in [1.82, 2.24) is 4.90 Å². The van der Waals surface area contributed by atoms with E-state index in [1.807, 2.05) is 0 Å². The second-order valence-corrected chi connectivity index (χ2v) is 5.93. The highest BCUT2D eigenvalue weighted by Gasteiger charge is 2.09. The Hall–Kier alpha value is -2.73. The van der Waals surface area contributed by atoms with Crippen molar-refractivity contribution < 1.29 is 14.3 Å². The fourth-order valence-corrected chi connectivity index (χ4v) is 2.29. The lowest BCUT2D eigenvalue weighted by atomic mass is 10.2. The molecule has 0 aliphatic rings. The number of anilines is 2. The van der Waals surface area contributed by atoms with E-state index in [1.54, 1.807) is 63.7 Å². The molecule has 132 valence electrons. The van der Waals surface area contributed by atoms with Gasteiger partial charge < -0.3 is 20.3 Å². The molecule has 0 spiro atoms. The van der Waals surface area contributed by atoms with E-state index in [9.17, 15) is 9.59 Å². The largest absolute Gasteiger partial charge is 0.497 e. The number of amides is 2. The monoisotopic (exact) mass is 361 g/mol. The van der Waals surface area contributed by atoms with Crippen LogP contribution < -0.4 is 15.4 Å². The summed E-state index contributed by atoms with van der Waals surface area (Å²) in [5.41, 5.74) is 1.78. The maximum Gasteiger partial charge on any atom is 0.253 e. The Kier molecular flexibility index (Phi) is 6.25. The van der Waals surface area contributed by atoms with Gasteiger partial charge in [0.25, 0.3) is 5.91 Å². The number of nitrogens with zero attached hydrogens (tertiary/aromatic N) is 1. The first-order valence-electron chi connectivity index (χ1n) is 7.59. The molecule has 0 saturated heterocycles. The standard InChI is InChI=1S/C18H20ClN3O3/c1-22(2)18(24)12-4-6-13(7-5-12)21-17(23)11-20-16-10-14(25-3)8-9-15(16)19/h4-10,20H,11H2,1-3H3,(H,21,23). The smallest absolute Gasteiger partial charge is 0.253 e. The average molecular weight is 362 g/mol. The van der Waals surface area contributed by atoms with Crippen LogP contribution in [0.15, 0.2) is 42.5 Å². The minimum absolute atomic E-state index is 0.0469. The van der Waals surface area contributed by atoms with Gasteiger partial charge in [-0.25, -0.2) is 0 Å². The van der Waals surface area contributed by atoms with Gasteiger partial charge in [-0.3, -0.25) is 9.59 Å². The van der Waals surface area contributed by atoms with Crippen molar-refractivity contribution in [3.05, 3.63) is 53.1 Å². The van der Waals surface area contributed by atoms with E-state index in [0.29, 0.717) is 27.7 Å². The third kappa shape index (κ3) is 5.12. The van der Waals surface area contributed by atoms with Crippen LogP contribution >= 0.6 is 11.6 Å². The summed E-state index contributed by atoms with van der Waals surface area (Å²) in [7, 11) is 4.94. The lowest BCUT2D eigenvalue weighted by Gasteiger charge is -2.12. The molecule has 2 rings (SSSR count). The summed E-state index contributed by atoms with van der Waals surface area (Å²) < 4.78 is 5.13. The van der Waals surface area contributed by atoms with Crippen molar-refractivity contribution in [2.45, 2.75) is 0 Å². The molecule has 0 aromatic heterocycles. The molecule has 2 aromatic rings. The van der Waals surface area contributed by atoms with Crippen LogP contribution in [0.1, 0.15) is 10.4 Å². The molecule has 0 radical (unpaired) electrons. The minimum Gasteiger partial charge on any atom is -0.497 e. The van der Waals surface area contributed by atoms with Gasteiger partial charge in [0.2, 0.25) is 5.91 Å². The van der Waals surface area contributed by atoms with E-state index in [1.165, 1.54) is 4.90 Å². The molecule has 6 nitrogen and oxygen atoms in total. The van der Waals surface area contributed by atoms with Crippen LogP contribution in [-0.2, 0) is 4.79 Å². The maximum absolute atomic E-state index is 12.1. The van der Waals surface area contributed by atoms with E-state index < -0.39 is 0 Å². The Morgan fingerprint density at radius 3 is 2.40 bits per heavy atom. The number of rotatable bonds is 6. The second kappa shape index (κ2) is 8.39. The van der Waals surface area contributed by atoms with Crippen molar-refractivity contribution in [3.8, 4) is 5.75 Å². The molecule has 2 amide bonds. The van der Waals surface area contributed by atoms with Crippen LogP contribution in [-0.4, -0.2) is 44.5 Å². The fourth-order valence-electron chi connectivity index (χ4n) is 2.10. The first-order valence-corrected chi connectivity index (χ1v) is 7.97. The summed E-state index contributed by atoms with van der Waals surface area (Å²) in [6.07, 6.45) is 0. The zero-order chi connectivity index (χ0) is 18.4. The van der Waals surface area contributed by atoms with E-state index in [2.05, 4.69) is 10.6 Å². The number of hydrogen-bond acceptors (Lipinski definition) is 4. The first-order chi connectivity index (χ1) is 11.9. The van der Waals surface area contributed by atoms with Crippen LogP contribution in [0.25, 0.3) is 0 Å². The number of halogens is 1. The quantitative estimate of drug-likeness (QED) is 0.829. The molecule has 0 atom stereocenters. The lowest BCUT2D eigenvalue weighted by Crippen LogP contribution is -2.23. The highest BCUT2D eigenvalue weighted by Crippen LogP contribution is 2.26. The van der Waals surface area contributed by atoms with Crippen molar-refractivity contribution >= 4 is 34.8 Å². The molecule has 0 bridgehead atoms. The molecule has 0 aliphatic carbocycles. The van der Waals surface area contributed by atoms with Gasteiger partial charge in [-0.15, -0.1) is 0 Å². The number of carbonyl (C=O) groups is 2. The van der Waals surface area contributed by atoms with E-state index >= 15 is 0 Å². The summed E-state index contributed by atoms with van der Waals surface area (Å²) in [5.74, 6) is 0.325. The number of benzene rings is 2. The lowest BCUT2D eigenvalue weighted by molar-refractivity contribution is -0.114. The number of nitrogens with one attached hydrogen (secondary N) is 2. The Balaban J connectivity index is 1.93. The molecule has 7 heteroatoms. The van der Waals surface area contributed by atoms with Crippen molar-refractivity contribution in [1.29, 1.82) is 0 Å². The van der Waals surface area contributed by atoms with Crippen molar-refractivity contribution in [2.75, 3.05) is 38.4 Å². The van der Waals surface area contributed by atoms with E-state index in [0.717, 1.165) is 0 Å². The summed E-state index contributed by atoms with van der Waals surface area (Å²) in [4.78, 5) is 25.4.